The summed E-state index contributed by atoms with van der Waals surface area (Å²) in [6.45, 7) is 0. The second-order valence-electron chi connectivity index (χ2n) is 5.95. The molecule has 7 heteroatoms. The van der Waals surface area contributed by atoms with E-state index in [2.05, 4.69) is 0 Å². The summed E-state index contributed by atoms with van der Waals surface area (Å²) in [5.74, 6) is 0. The van der Waals surface area contributed by atoms with Crippen molar-refractivity contribution in [2.75, 3.05) is 9.96 Å². The topological polar surface area (TPSA) is 75.9 Å². The molecule has 0 spiro atoms. The molecule has 0 aromatic heterocycles. The number of carbonyl (C=O) groups is 1. The Morgan fingerprint density at radius 3 is 1.93 bits per heavy atom. The number of hydrogen-bond donors (Lipinski definition) is 0. The quantitative estimate of drug-likeness (QED) is 0.498. The highest BCUT2D eigenvalue weighted by Crippen LogP contribution is 2.39. The van der Waals surface area contributed by atoms with Crippen LogP contribution in [0.25, 0.3) is 0 Å². The number of para-hydroxylation sites is 2. The van der Waals surface area contributed by atoms with Crippen molar-refractivity contribution in [2.45, 2.75) is 6.17 Å². The van der Waals surface area contributed by atoms with E-state index in [1.54, 1.807) is 12.1 Å². The average molecular weight is 361 g/mol. The fraction of sp³-hybridized carbons (Fsp3) is 0.0500. The largest absolute Gasteiger partial charge is 0.440 e. The van der Waals surface area contributed by atoms with E-state index in [1.165, 1.54) is 22.1 Å². The van der Waals surface area contributed by atoms with E-state index in [0.717, 1.165) is 0 Å². The summed E-state index contributed by atoms with van der Waals surface area (Å²) in [5.41, 5.74) is 2.05. The molecule has 0 N–H and O–H groups in total. The number of nitro groups is 1. The van der Waals surface area contributed by atoms with Crippen molar-refractivity contribution in [3.63, 3.8) is 0 Å². The molecule has 134 valence electrons. The molecule has 0 bridgehead atoms. The highest BCUT2D eigenvalue weighted by atomic mass is 16.7. The molecule has 1 saturated heterocycles. The highest BCUT2D eigenvalue weighted by Gasteiger charge is 2.42. The van der Waals surface area contributed by atoms with Gasteiger partial charge in [0.1, 0.15) is 0 Å². The third kappa shape index (κ3) is 3.06. The molecule has 0 aliphatic carbocycles. The van der Waals surface area contributed by atoms with E-state index in [-0.39, 0.29) is 5.69 Å². The molecule has 1 aliphatic heterocycles. The van der Waals surface area contributed by atoms with Gasteiger partial charge in [-0.15, -0.1) is 0 Å². The van der Waals surface area contributed by atoms with Gasteiger partial charge in [-0.25, -0.2) is 9.69 Å². The molecule has 3 aromatic carbocycles. The Balaban J connectivity index is 1.81. The lowest BCUT2D eigenvalue weighted by Crippen LogP contribution is -2.31. The lowest BCUT2D eigenvalue weighted by atomic mass is 10.1. The number of hydroxylamine groups is 1. The number of nitro benzene ring substituents is 1. The molecule has 1 unspecified atom stereocenters. The predicted molar refractivity (Wildman–Crippen MR) is 100 cm³/mol. The molecule has 0 saturated carbocycles. The first-order chi connectivity index (χ1) is 13.1. The minimum atomic E-state index is -0.594. The minimum absolute atomic E-state index is 0.0125. The van der Waals surface area contributed by atoms with Crippen LogP contribution >= 0.6 is 0 Å². The molecule has 4 rings (SSSR count). The van der Waals surface area contributed by atoms with Crippen molar-refractivity contribution in [3.8, 4) is 0 Å². The lowest BCUT2D eigenvalue weighted by molar-refractivity contribution is -0.384. The van der Waals surface area contributed by atoms with Crippen LogP contribution in [0, 0.1) is 10.1 Å². The maximum atomic E-state index is 12.7. The van der Waals surface area contributed by atoms with Crippen LogP contribution in [0.3, 0.4) is 0 Å². The fourth-order valence-electron chi connectivity index (χ4n) is 3.04. The van der Waals surface area contributed by atoms with Gasteiger partial charge in [-0.1, -0.05) is 36.4 Å². The zero-order valence-electron chi connectivity index (χ0n) is 14.1. The van der Waals surface area contributed by atoms with E-state index >= 15 is 0 Å². The minimum Gasteiger partial charge on any atom is -0.319 e. The number of amides is 1. The van der Waals surface area contributed by atoms with E-state index in [4.69, 9.17) is 4.84 Å². The van der Waals surface area contributed by atoms with E-state index in [1.807, 2.05) is 60.7 Å². The van der Waals surface area contributed by atoms with Gasteiger partial charge in [0.2, 0.25) is 0 Å². The summed E-state index contributed by atoms with van der Waals surface area (Å²) in [6.07, 6.45) is -1.11. The Hall–Kier alpha value is -3.87. The van der Waals surface area contributed by atoms with Crippen LogP contribution in [0.5, 0.6) is 0 Å². The molecule has 1 atom stereocenters. The van der Waals surface area contributed by atoms with Crippen LogP contribution in [-0.4, -0.2) is 11.0 Å². The zero-order valence-corrected chi connectivity index (χ0v) is 14.1. The Morgan fingerprint density at radius 1 is 0.815 bits per heavy atom. The summed E-state index contributed by atoms with van der Waals surface area (Å²) in [4.78, 5) is 30.2. The number of hydrogen-bond acceptors (Lipinski definition) is 5. The van der Waals surface area contributed by atoms with E-state index in [9.17, 15) is 14.9 Å². The van der Waals surface area contributed by atoms with Crippen LogP contribution < -0.4 is 9.96 Å². The van der Waals surface area contributed by atoms with Gasteiger partial charge in [-0.3, -0.25) is 10.1 Å². The van der Waals surface area contributed by atoms with Crippen molar-refractivity contribution in [2.24, 2.45) is 0 Å². The molecular weight excluding hydrogens is 346 g/mol. The Bertz CT molecular complexity index is 962. The van der Waals surface area contributed by atoms with Gasteiger partial charge in [0, 0.05) is 17.8 Å². The number of non-ortho nitro benzene ring substituents is 1. The van der Waals surface area contributed by atoms with Gasteiger partial charge in [0.25, 0.3) is 5.69 Å². The maximum absolute atomic E-state index is 12.7. The first kappa shape index (κ1) is 16.6. The lowest BCUT2D eigenvalue weighted by Gasteiger charge is -2.27. The summed E-state index contributed by atoms with van der Waals surface area (Å²) in [7, 11) is 0. The molecular formula is C20H15N3O4. The third-order valence-corrected chi connectivity index (χ3v) is 4.29. The summed E-state index contributed by atoms with van der Waals surface area (Å²) in [5, 5.41) is 12.5. The van der Waals surface area contributed by atoms with Crippen molar-refractivity contribution in [1.82, 2.24) is 0 Å². The summed E-state index contributed by atoms with van der Waals surface area (Å²) >= 11 is 0. The van der Waals surface area contributed by atoms with Gasteiger partial charge in [-0.2, -0.15) is 5.06 Å². The first-order valence-electron chi connectivity index (χ1n) is 8.30. The number of rotatable bonds is 4. The van der Waals surface area contributed by atoms with Crippen LogP contribution in [0.2, 0.25) is 0 Å². The molecule has 1 aliphatic rings. The van der Waals surface area contributed by atoms with Crippen LogP contribution in [0.15, 0.2) is 84.9 Å². The monoisotopic (exact) mass is 361 g/mol. The molecule has 7 nitrogen and oxygen atoms in total. The van der Waals surface area contributed by atoms with Crippen LogP contribution in [0.4, 0.5) is 21.9 Å². The van der Waals surface area contributed by atoms with Gasteiger partial charge in [-0.05, 0) is 42.0 Å². The van der Waals surface area contributed by atoms with Crippen molar-refractivity contribution < 1.29 is 14.6 Å². The normalized spacial score (nSPS) is 16.3. The standard InChI is InChI=1S/C20H15N3O4/c24-20-21(16-7-3-1-4-8-16)19(15-11-13-18(14-12-15)23(25)26)22(27-20)17-9-5-2-6-10-17/h1-14,19H. The zero-order chi connectivity index (χ0) is 18.8. The van der Waals surface area contributed by atoms with E-state index in [0.29, 0.717) is 16.9 Å². The first-order valence-corrected chi connectivity index (χ1v) is 8.30. The number of carbonyl (C=O) groups excluding carboxylic acids is 1. The summed E-state index contributed by atoms with van der Waals surface area (Å²) in [6, 6.07) is 24.5. The number of anilines is 2. The van der Waals surface area contributed by atoms with Gasteiger partial charge < -0.3 is 4.84 Å². The van der Waals surface area contributed by atoms with Crippen LogP contribution in [0.1, 0.15) is 11.7 Å². The Labute approximate surface area is 155 Å². The molecule has 1 heterocycles. The van der Waals surface area contributed by atoms with Crippen molar-refractivity contribution >= 4 is 23.2 Å². The Kier molecular flexibility index (Phi) is 4.18. The second kappa shape index (κ2) is 6.80. The van der Waals surface area contributed by atoms with Crippen molar-refractivity contribution in [1.29, 1.82) is 0 Å². The van der Waals surface area contributed by atoms with E-state index < -0.39 is 17.2 Å². The van der Waals surface area contributed by atoms with Gasteiger partial charge in [0.05, 0.1) is 10.6 Å². The predicted octanol–water partition coefficient (Wildman–Crippen LogP) is 4.67. The third-order valence-electron chi connectivity index (χ3n) is 4.29. The molecule has 1 fully saturated rings. The number of benzene rings is 3. The second-order valence-corrected chi connectivity index (χ2v) is 5.95. The fourth-order valence-corrected chi connectivity index (χ4v) is 3.04. The summed E-state index contributed by atoms with van der Waals surface area (Å²) < 4.78 is 0. The Morgan fingerprint density at radius 2 is 1.37 bits per heavy atom. The average Bonchev–Trinajstić information content (AvgIpc) is 3.06. The van der Waals surface area contributed by atoms with Crippen LogP contribution in [-0.2, 0) is 4.84 Å². The molecule has 27 heavy (non-hydrogen) atoms. The van der Waals surface area contributed by atoms with Gasteiger partial charge >= 0.3 is 6.09 Å². The molecule has 0 radical (unpaired) electrons. The SMILES string of the molecule is O=C1ON(c2ccccc2)C(c2ccc([N+](=O)[O-])cc2)N1c1ccccc1. The smallest absolute Gasteiger partial charge is 0.319 e. The number of nitrogens with zero attached hydrogens (tertiary/aromatic N) is 3. The highest BCUT2D eigenvalue weighted by molar-refractivity contribution is 5.92. The van der Waals surface area contributed by atoms with Gasteiger partial charge in [0.15, 0.2) is 6.17 Å². The molecule has 3 aromatic rings. The van der Waals surface area contributed by atoms with Crippen molar-refractivity contribution in [3.05, 3.63) is 101 Å². The maximum Gasteiger partial charge on any atom is 0.440 e. The molecule has 1 amide bonds.